The number of ether oxygens (including phenoxy) is 1. The lowest BCUT2D eigenvalue weighted by atomic mass is 9.87. The molecular weight excluding hydrogens is 450 g/mol. The number of benzene rings is 2. The number of carbonyl (C=O) groups is 1. The Hall–Kier alpha value is -3.71. The van der Waals surface area contributed by atoms with Crippen molar-refractivity contribution in [2.45, 2.75) is 51.5 Å². The largest absolute Gasteiger partial charge is 0.457 e. The number of rotatable bonds is 7. The molecule has 1 atom stereocenters. The Kier molecular flexibility index (Phi) is 6.49. The fraction of sp³-hybridized carbons (Fsp3) is 0.345. The first kappa shape index (κ1) is 24.0. The first-order chi connectivity index (χ1) is 17.3. The zero-order valence-electron chi connectivity index (χ0n) is 21.3. The molecule has 7 heteroatoms. The van der Waals surface area contributed by atoms with Crippen molar-refractivity contribution in [3.05, 3.63) is 72.1 Å². The van der Waals surface area contributed by atoms with E-state index >= 15 is 0 Å². The van der Waals surface area contributed by atoms with Crippen molar-refractivity contribution >= 4 is 28.5 Å². The van der Waals surface area contributed by atoms with E-state index in [-0.39, 0.29) is 17.2 Å². The molecule has 186 valence electrons. The summed E-state index contributed by atoms with van der Waals surface area (Å²) in [7, 11) is 2.00. The van der Waals surface area contributed by atoms with Crippen molar-refractivity contribution in [3.63, 3.8) is 0 Å². The van der Waals surface area contributed by atoms with Crippen LogP contribution in [0, 0.1) is 0 Å². The summed E-state index contributed by atoms with van der Waals surface area (Å²) in [6.45, 7) is 7.53. The number of aromatic nitrogens is 3. The van der Waals surface area contributed by atoms with Crippen LogP contribution in [-0.2, 0) is 23.7 Å². The van der Waals surface area contributed by atoms with Gasteiger partial charge in [-0.15, -0.1) is 0 Å². The van der Waals surface area contributed by atoms with Crippen molar-refractivity contribution in [3.8, 4) is 11.5 Å². The normalized spacial score (nSPS) is 15.8. The van der Waals surface area contributed by atoms with Gasteiger partial charge in [0.2, 0.25) is 5.95 Å². The average molecular weight is 484 g/mol. The number of hydrogen-bond acceptors (Lipinski definition) is 6. The number of pyridine rings is 1. The maximum absolute atomic E-state index is 12.5. The fourth-order valence-electron chi connectivity index (χ4n) is 4.56. The van der Waals surface area contributed by atoms with Crippen LogP contribution in [0.3, 0.4) is 0 Å². The van der Waals surface area contributed by atoms with Crippen LogP contribution in [0.2, 0.25) is 0 Å². The molecule has 2 aromatic carbocycles. The van der Waals surface area contributed by atoms with Crippen LogP contribution < -0.4 is 15.4 Å². The number of Topliss-reactive ketones (excluding diaryl/α,β-unsaturated/α-hetero) is 1. The Labute approximate surface area is 211 Å². The van der Waals surface area contributed by atoms with E-state index in [9.17, 15) is 4.79 Å². The highest BCUT2D eigenvalue weighted by atomic mass is 16.5. The highest BCUT2D eigenvalue weighted by Crippen LogP contribution is 2.30. The molecule has 4 aromatic rings. The summed E-state index contributed by atoms with van der Waals surface area (Å²) in [4.78, 5) is 21.7. The molecule has 7 nitrogen and oxygen atoms in total. The van der Waals surface area contributed by atoms with Gasteiger partial charge in [0, 0.05) is 31.1 Å². The number of ketones is 1. The van der Waals surface area contributed by atoms with E-state index < -0.39 is 0 Å². The molecule has 3 heterocycles. The Bertz CT molecular complexity index is 1400. The Morgan fingerprint density at radius 1 is 1.14 bits per heavy atom. The minimum atomic E-state index is -0.0540. The van der Waals surface area contributed by atoms with Gasteiger partial charge in [0.05, 0.1) is 29.2 Å². The second-order valence-electron chi connectivity index (χ2n) is 10.5. The third-order valence-corrected chi connectivity index (χ3v) is 6.67. The van der Waals surface area contributed by atoms with Crippen LogP contribution in [0.25, 0.3) is 11.0 Å². The first-order valence-corrected chi connectivity index (χ1v) is 12.5. The molecule has 2 aromatic heterocycles. The molecular formula is C29H33N5O2. The number of aryl methyl sites for hydroxylation is 1. The lowest BCUT2D eigenvalue weighted by Gasteiger charge is -2.20. The Morgan fingerprint density at radius 3 is 2.75 bits per heavy atom. The third kappa shape index (κ3) is 5.26. The van der Waals surface area contributed by atoms with Gasteiger partial charge in [-0.3, -0.25) is 9.78 Å². The van der Waals surface area contributed by atoms with E-state index in [0.29, 0.717) is 23.6 Å². The summed E-state index contributed by atoms with van der Waals surface area (Å²) < 4.78 is 8.16. The van der Waals surface area contributed by atoms with Gasteiger partial charge in [0.1, 0.15) is 11.5 Å². The molecule has 1 fully saturated rings. The lowest BCUT2D eigenvalue weighted by Crippen LogP contribution is -2.32. The fourth-order valence-corrected chi connectivity index (χ4v) is 4.56. The molecule has 0 bridgehead atoms. The minimum Gasteiger partial charge on any atom is -0.457 e. The third-order valence-electron chi connectivity index (χ3n) is 6.67. The van der Waals surface area contributed by atoms with Crippen molar-refractivity contribution in [2.24, 2.45) is 7.05 Å². The maximum atomic E-state index is 12.5. The second kappa shape index (κ2) is 9.74. The summed E-state index contributed by atoms with van der Waals surface area (Å²) in [6.07, 6.45) is 3.94. The number of hydrogen-bond donors (Lipinski definition) is 2. The predicted octanol–water partition coefficient (Wildman–Crippen LogP) is 5.67. The van der Waals surface area contributed by atoms with Gasteiger partial charge in [-0.25, -0.2) is 4.98 Å². The minimum absolute atomic E-state index is 0.0540. The van der Waals surface area contributed by atoms with Crippen LogP contribution in [0.15, 0.2) is 60.8 Å². The summed E-state index contributed by atoms with van der Waals surface area (Å²) in [5, 5.41) is 6.71. The number of nitrogens with zero attached hydrogens (tertiary/aromatic N) is 3. The zero-order chi connectivity index (χ0) is 25.3. The molecule has 0 amide bonds. The van der Waals surface area contributed by atoms with Crippen molar-refractivity contribution in [1.29, 1.82) is 0 Å². The van der Waals surface area contributed by atoms with Gasteiger partial charge in [0.15, 0.2) is 5.78 Å². The monoisotopic (exact) mass is 483 g/mol. The zero-order valence-corrected chi connectivity index (χ0v) is 21.3. The van der Waals surface area contributed by atoms with E-state index in [1.54, 1.807) is 12.3 Å². The molecule has 5 rings (SSSR count). The van der Waals surface area contributed by atoms with Crippen LogP contribution >= 0.6 is 0 Å². The van der Waals surface area contributed by atoms with E-state index in [2.05, 4.69) is 60.7 Å². The quantitative estimate of drug-likeness (QED) is 0.353. The standard InChI is InChI=1S/C29H33N5O2/c1-29(2,3)19-7-5-8-20(15-19)32-28-33-25-18-22(10-11-26(25)34(28)4)36-23-12-14-30-21(16-23)17-27(35)24-9-6-13-31-24/h5,7-8,10-12,14-16,18,24,31H,6,9,13,17H2,1-4H3,(H,32,33)/t24-/m0/s1. The molecule has 0 saturated carbocycles. The first-order valence-electron chi connectivity index (χ1n) is 12.5. The van der Waals surface area contributed by atoms with Gasteiger partial charge in [0.25, 0.3) is 0 Å². The Morgan fingerprint density at radius 2 is 1.97 bits per heavy atom. The molecule has 0 aliphatic carbocycles. The lowest BCUT2D eigenvalue weighted by molar-refractivity contribution is -0.120. The second-order valence-corrected chi connectivity index (χ2v) is 10.5. The van der Waals surface area contributed by atoms with Gasteiger partial charge in [-0.05, 0) is 60.7 Å². The number of carbonyl (C=O) groups excluding carboxylic acids is 1. The van der Waals surface area contributed by atoms with Crippen molar-refractivity contribution in [1.82, 2.24) is 19.9 Å². The number of fused-ring (bicyclic) bond motifs is 1. The highest BCUT2D eigenvalue weighted by molar-refractivity contribution is 5.86. The molecule has 0 spiro atoms. The Balaban J connectivity index is 1.32. The van der Waals surface area contributed by atoms with Gasteiger partial charge < -0.3 is 19.9 Å². The SMILES string of the molecule is Cn1c(Nc2cccc(C(C)(C)C)c2)nc2cc(Oc3ccnc(CC(=O)[C@@H]4CCCN4)c3)ccc21. The van der Waals surface area contributed by atoms with E-state index in [1.165, 1.54) is 5.56 Å². The van der Waals surface area contributed by atoms with Crippen molar-refractivity contribution < 1.29 is 9.53 Å². The van der Waals surface area contributed by atoms with E-state index in [1.807, 2.05) is 35.9 Å². The number of imidazole rings is 1. The van der Waals surface area contributed by atoms with E-state index in [0.717, 1.165) is 42.1 Å². The van der Waals surface area contributed by atoms with Crippen LogP contribution in [0.4, 0.5) is 11.6 Å². The van der Waals surface area contributed by atoms with Crippen LogP contribution in [0.1, 0.15) is 44.9 Å². The van der Waals surface area contributed by atoms with E-state index in [4.69, 9.17) is 9.72 Å². The van der Waals surface area contributed by atoms with Crippen LogP contribution in [0.5, 0.6) is 11.5 Å². The van der Waals surface area contributed by atoms with Gasteiger partial charge in [-0.2, -0.15) is 0 Å². The average Bonchev–Trinajstić information content (AvgIpc) is 3.48. The summed E-state index contributed by atoms with van der Waals surface area (Å²) in [5.74, 6) is 2.28. The predicted molar refractivity (Wildman–Crippen MR) is 143 cm³/mol. The number of anilines is 2. The molecule has 0 unspecified atom stereocenters. The maximum Gasteiger partial charge on any atom is 0.208 e. The summed E-state index contributed by atoms with van der Waals surface area (Å²) in [6, 6.07) is 17.9. The summed E-state index contributed by atoms with van der Waals surface area (Å²) in [5.41, 5.74) is 4.89. The molecule has 1 aliphatic rings. The highest BCUT2D eigenvalue weighted by Gasteiger charge is 2.22. The van der Waals surface area contributed by atoms with Crippen LogP contribution in [-0.4, -0.2) is 32.9 Å². The van der Waals surface area contributed by atoms with Gasteiger partial charge in [-0.1, -0.05) is 32.9 Å². The number of nitrogens with one attached hydrogen (secondary N) is 2. The molecule has 1 saturated heterocycles. The molecule has 1 aliphatic heterocycles. The topological polar surface area (TPSA) is 81.1 Å². The molecule has 36 heavy (non-hydrogen) atoms. The molecule has 0 radical (unpaired) electrons. The van der Waals surface area contributed by atoms with Crippen molar-refractivity contribution in [2.75, 3.05) is 11.9 Å². The molecule has 2 N–H and O–H groups in total. The summed E-state index contributed by atoms with van der Waals surface area (Å²) >= 11 is 0. The smallest absolute Gasteiger partial charge is 0.208 e. The van der Waals surface area contributed by atoms with Gasteiger partial charge >= 0.3 is 0 Å².